The summed E-state index contributed by atoms with van der Waals surface area (Å²) in [7, 11) is 0. The van der Waals surface area contributed by atoms with E-state index in [2.05, 4.69) is 20.6 Å². The quantitative estimate of drug-likeness (QED) is 0.386. The molecule has 9 nitrogen and oxygen atoms in total. The second-order valence-electron chi connectivity index (χ2n) is 8.30. The number of benzene rings is 1. The second-order valence-corrected chi connectivity index (χ2v) is 9.24. The Morgan fingerprint density at radius 3 is 2.85 bits per heavy atom. The van der Waals surface area contributed by atoms with Crippen molar-refractivity contribution >= 4 is 34.3 Å². The molecule has 6 rings (SSSR count). The van der Waals surface area contributed by atoms with Gasteiger partial charge in [0.05, 0.1) is 18.1 Å². The molecule has 1 amide bonds. The molecule has 4 aromatic rings. The van der Waals surface area contributed by atoms with Gasteiger partial charge in [0.25, 0.3) is 5.91 Å². The summed E-state index contributed by atoms with van der Waals surface area (Å²) in [5.74, 6) is 1.41. The zero-order valence-corrected chi connectivity index (χ0v) is 18.6. The molecular formula is C23H22N6O3S. The fourth-order valence-corrected chi connectivity index (χ4v) is 5.36. The molecule has 1 aromatic carbocycles. The molecule has 1 aliphatic carbocycles. The Hall–Kier alpha value is -3.40. The molecule has 0 spiro atoms. The maximum atomic E-state index is 13.3. The Morgan fingerprint density at radius 2 is 2.03 bits per heavy atom. The van der Waals surface area contributed by atoms with Crippen molar-refractivity contribution in [1.82, 2.24) is 25.2 Å². The summed E-state index contributed by atoms with van der Waals surface area (Å²) in [5.41, 5.74) is 1.52. The number of aromatic nitrogens is 4. The van der Waals surface area contributed by atoms with Crippen molar-refractivity contribution in [3.8, 4) is 0 Å². The van der Waals surface area contributed by atoms with E-state index in [4.69, 9.17) is 8.83 Å². The molecule has 1 saturated carbocycles. The molecule has 1 atom stereocenters. The molecule has 33 heavy (non-hydrogen) atoms. The van der Waals surface area contributed by atoms with Crippen LogP contribution >= 0.6 is 11.8 Å². The molecule has 0 saturated heterocycles. The zero-order valence-electron chi connectivity index (χ0n) is 17.8. The number of thioether (sulfide) groups is 1. The highest BCUT2D eigenvalue weighted by molar-refractivity contribution is 7.99. The van der Waals surface area contributed by atoms with Gasteiger partial charge in [0.2, 0.25) is 5.16 Å². The maximum Gasteiger partial charge on any atom is 0.253 e. The lowest BCUT2D eigenvalue weighted by atomic mass is 10.1. The van der Waals surface area contributed by atoms with Crippen LogP contribution in [0.2, 0.25) is 0 Å². The largest absolute Gasteiger partial charge is 0.467 e. The number of tetrazole rings is 1. The normalized spacial score (nSPS) is 19.0. The van der Waals surface area contributed by atoms with Crippen LogP contribution in [0.3, 0.4) is 0 Å². The van der Waals surface area contributed by atoms with Crippen LogP contribution in [0, 0.1) is 0 Å². The van der Waals surface area contributed by atoms with E-state index in [-0.39, 0.29) is 17.7 Å². The first-order valence-electron chi connectivity index (χ1n) is 11.1. The van der Waals surface area contributed by atoms with E-state index < -0.39 is 0 Å². The number of hydrogen-bond donors (Lipinski definition) is 0. The van der Waals surface area contributed by atoms with Gasteiger partial charge in [0, 0.05) is 11.8 Å². The first-order valence-corrected chi connectivity index (χ1v) is 12.1. The first-order chi connectivity index (χ1) is 16.3. The molecule has 3 aromatic heterocycles. The highest BCUT2D eigenvalue weighted by Crippen LogP contribution is 2.36. The van der Waals surface area contributed by atoms with Crippen molar-refractivity contribution in [3.05, 3.63) is 60.2 Å². The minimum atomic E-state index is -0.317. The topological polar surface area (TPSA) is 103 Å². The molecule has 4 heterocycles. The Kier molecular flexibility index (Phi) is 5.21. The Balaban J connectivity index is 1.24. The Morgan fingerprint density at radius 1 is 1.15 bits per heavy atom. The number of carbonyl (C=O) groups is 1. The van der Waals surface area contributed by atoms with Crippen molar-refractivity contribution in [1.29, 1.82) is 0 Å². The number of para-hydroxylation sites is 1. The lowest BCUT2D eigenvalue weighted by molar-refractivity contribution is -0.130. The molecule has 0 radical (unpaired) electrons. The Bertz CT molecular complexity index is 1270. The third-order valence-electron chi connectivity index (χ3n) is 6.21. The fourth-order valence-electron chi connectivity index (χ4n) is 4.57. The van der Waals surface area contributed by atoms with E-state index in [1.165, 1.54) is 29.6 Å². The van der Waals surface area contributed by atoms with E-state index in [9.17, 15) is 4.79 Å². The lowest BCUT2D eigenvalue weighted by Gasteiger charge is -2.19. The van der Waals surface area contributed by atoms with Crippen LogP contribution in [0.15, 0.2) is 67.8 Å². The number of carbonyl (C=O) groups excluding carboxylic acids is 1. The van der Waals surface area contributed by atoms with E-state index in [1.54, 1.807) is 6.26 Å². The minimum Gasteiger partial charge on any atom is -0.467 e. The highest BCUT2D eigenvalue weighted by Gasteiger charge is 2.36. The number of furan rings is 2. The number of amides is 1. The standard InChI is InChI=1S/C23H22N6O3S/c30-22(14-33-23-24-26-27-28(23)16-7-2-3-8-16)29-18(20-10-5-11-31-20)13-17(25-29)21-12-15-6-1-4-9-19(15)32-21/h1,4-6,9-12,16,18H,2-3,7-8,13-14H2. The SMILES string of the molecule is O=C(CSc1nnnn1C1CCCC1)N1N=C(c2cc3ccccc3o2)CC1c1ccco1. The summed E-state index contributed by atoms with van der Waals surface area (Å²) in [4.78, 5) is 13.3. The predicted octanol–water partition coefficient (Wildman–Crippen LogP) is 4.60. The van der Waals surface area contributed by atoms with Crippen LogP contribution < -0.4 is 0 Å². The van der Waals surface area contributed by atoms with Crippen LogP contribution in [0.5, 0.6) is 0 Å². The van der Waals surface area contributed by atoms with Crippen molar-refractivity contribution in [2.24, 2.45) is 5.10 Å². The molecule has 1 aliphatic heterocycles. The number of hydrazone groups is 1. The summed E-state index contributed by atoms with van der Waals surface area (Å²) in [6, 6.07) is 13.5. The van der Waals surface area contributed by atoms with Crippen molar-refractivity contribution in [3.63, 3.8) is 0 Å². The van der Waals surface area contributed by atoms with Crippen LogP contribution in [-0.2, 0) is 4.79 Å². The molecule has 0 bridgehead atoms. The van der Waals surface area contributed by atoms with Gasteiger partial charge < -0.3 is 8.83 Å². The van der Waals surface area contributed by atoms with E-state index in [0.717, 1.165) is 29.5 Å². The van der Waals surface area contributed by atoms with Gasteiger partial charge in [-0.15, -0.1) is 5.10 Å². The van der Waals surface area contributed by atoms with E-state index in [1.807, 2.05) is 47.1 Å². The van der Waals surface area contributed by atoms with Crippen LogP contribution in [0.1, 0.15) is 55.7 Å². The van der Waals surface area contributed by atoms with Gasteiger partial charge in [-0.25, -0.2) is 9.69 Å². The predicted molar refractivity (Wildman–Crippen MR) is 122 cm³/mol. The molecule has 1 fully saturated rings. The van der Waals surface area contributed by atoms with Crippen LogP contribution in [-0.4, -0.2) is 42.6 Å². The van der Waals surface area contributed by atoms with Crippen LogP contribution in [0.4, 0.5) is 0 Å². The van der Waals surface area contributed by atoms with Crippen molar-refractivity contribution in [2.75, 3.05) is 5.75 Å². The monoisotopic (exact) mass is 462 g/mol. The molecule has 2 aliphatic rings. The number of rotatable bonds is 6. The average Bonchev–Trinajstić information content (AvgIpc) is 3.66. The third kappa shape index (κ3) is 3.84. The van der Waals surface area contributed by atoms with Gasteiger partial charge in [-0.1, -0.05) is 42.8 Å². The van der Waals surface area contributed by atoms with Gasteiger partial charge in [0.1, 0.15) is 23.1 Å². The van der Waals surface area contributed by atoms with Gasteiger partial charge in [0.15, 0.2) is 5.76 Å². The summed E-state index contributed by atoms with van der Waals surface area (Å²) >= 11 is 1.35. The smallest absolute Gasteiger partial charge is 0.253 e. The van der Waals surface area contributed by atoms with E-state index in [0.29, 0.717) is 29.1 Å². The fraction of sp³-hybridized carbons (Fsp3) is 0.348. The number of nitrogens with zero attached hydrogens (tertiary/aromatic N) is 6. The average molecular weight is 463 g/mol. The molecule has 0 N–H and O–H groups in total. The highest BCUT2D eigenvalue weighted by atomic mass is 32.2. The molecular weight excluding hydrogens is 440 g/mol. The van der Waals surface area contributed by atoms with Gasteiger partial charge in [-0.05, 0) is 47.5 Å². The zero-order chi connectivity index (χ0) is 22.2. The maximum absolute atomic E-state index is 13.3. The third-order valence-corrected chi connectivity index (χ3v) is 7.12. The summed E-state index contributed by atoms with van der Waals surface area (Å²) < 4.78 is 13.5. The van der Waals surface area contributed by atoms with Gasteiger partial charge in [-0.2, -0.15) is 5.10 Å². The van der Waals surface area contributed by atoms with Crippen molar-refractivity contribution < 1.29 is 13.6 Å². The first kappa shape index (κ1) is 20.2. The number of hydrogen-bond acceptors (Lipinski definition) is 8. The molecule has 10 heteroatoms. The molecule has 168 valence electrons. The summed E-state index contributed by atoms with van der Waals surface area (Å²) in [6.45, 7) is 0. The summed E-state index contributed by atoms with van der Waals surface area (Å²) in [6.07, 6.45) is 6.65. The van der Waals surface area contributed by atoms with Gasteiger partial charge >= 0.3 is 0 Å². The second kappa shape index (κ2) is 8.51. The van der Waals surface area contributed by atoms with E-state index >= 15 is 0 Å². The van der Waals surface area contributed by atoms with Crippen LogP contribution in [0.25, 0.3) is 11.0 Å². The molecule has 1 unspecified atom stereocenters. The number of fused-ring (bicyclic) bond motifs is 1. The lowest BCUT2D eigenvalue weighted by Crippen LogP contribution is -2.28. The van der Waals surface area contributed by atoms with Gasteiger partial charge in [-0.3, -0.25) is 4.79 Å². The Labute approximate surface area is 193 Å². The summed E-state index contributed by atoms with van der Waals surface area (Å²) in [5, 5.41) is 20.0. The minimum absolute atomic E-state index is 0.131. The van der Waals surface area contributed by atoms with Crippen molar-refractivity contribution in [2.45, 2.75) is 49.3 Å².